The fraction of sp³-hybridized carbons (Fsp3) is 0.200. The monoisotopic (exact) mass is 245 g/mol. The van der Waals surface area contributed by atoms with E-state index >= 15 is 0 Å². The van der Waals surface area contributed by atoms with Gasteiger partial charge in [-0.25, -0.2) is 4.79 Å². The van der Waals surface area contributed by atoms with Gasteiger partial charge in [0.1, 0.15) is 0 Å². The molecular weight excluding hydrogens is 239 g/mol. The summed E-state index contributed by atoms with van der Waals surface area (Å²) in [5.41, 5.74) is -1.55. The second kappa shape index (κ2) is 3.76. The van der Waals surface area contributed by atoms with Crippen molar-refractivity contribution in [3.8, 4) is 5.75 Å². The summed E-state index contributed by atoms with van der Waals surface area (Å²) >= 11 is 0. The Kier molecular flexibility index (Phi) is 2.53. The van der Waals surface area contributed by atoms with Gasteiger partial charge in [0.2, 0.25) is 0 Å². The fourth-order valence-electron chi connectivity index (χ4n) is 1.52. The number of halogens is 3. The zero-order valence-corrected chi connectivity index (χ0v) is 8.28. The Morgan fingerprint density at radius 3 is 2.71 bits per heavy atom. The zero-order chi connectivity index (χ0) is 12.6. The van der Waals surface area contributed by atoms with E-state index in [1.807, 2.05) is 0 Å². The summed E-state index contributed by atoms with van der Waals surface area (Å²) in [5, 5.41) is 11.9. The van der Waals surface area contributed by atoms with Crippen LogP contribution in [0.1, 0.15) is 11.1 Å². The molecule has 1 N–H and O–H groups in total. The van der Waals surface area contributed by atoms with E-state index in [1.165, 1.54) is 12.1 Å². The average molecular weight is 245 g/mol. The molecule has 0 spiro atoms. The Morgan fingerprint density at radius 2 is 2.12 bits per heavy atom. The number of rotatable bonds is 1. The second-order valence-electron chi connectivity index (χ2n) is 3.39. The molecular formula is C10H6F3NO3. The Balaban J connectivity index is 2.48. The number of fused-ring (bicyclic) bond motifs is 1. The number of benzene rings is 1. The van der Waals surface area contributed by atoms with Gasteiger partial charge in [-0.05, 0) is 12.1 Å². The number of hydrogen-bond donors (Lipinski definition) is 1. The number of aliphatic carboxylic acids is 1. The van der Waals surface area contributed by atoms with E-state index < -0.39 is 29.8 Å². The molecule has 1 aromatic rings. The standard InChI is InChI=1S/C10H6F3NO3/c11-10(12,13)6-2-1-3-8-5(6)4-7(9(15)16)14-17-8/h1-3H,4H2,(H,15,16). The SMILES string of the molecule is O=C(O)C1=NOc2cccc(C(F)(F)F)c2C1. The molecule has 4 nitrogen and oxygen atoms in total. The first-order valence-electron chi connectivity index (χ1n) is 4.56. The van der Waals surface area contributed by atoms with Gasteiger partial charge in [0.05, 0.1) is 5.56 Å². The van der Waals surface area contributed by atoms with E-state index in [9.17, 15) is 18.0 Å². The Morgan fingerprint density at radius 1 is 1.41 bits per heavy atom. The number of alkyl halides is 3. The highest BCUT2D eigenvalue weighted by Crippen LogP contribution is 2.37. The molecule has 1 aliphatic rings. The van der Waals surface area contributed by atoms with Crippen LogP contribution in [0.3, 0.4) is 0 Å². The van der Waals surface area contributed by atoms with Crippen molar-refractivity contribution in [2.24, 2.45) is 5.16 Å². The van der Waals surface area contributed by atoms with Crippen LogP contribution in [-0.2, 0) is 17.4 Å². The van der Waals surface area contributed by atoms with E-state index in [0.29, 0.717) is 0 Å². The van der Waals surface area contributed by atoms with Crippen LogP contribution in [0.25, 0.3) is 0 Å². The van der Waals surface area contributed by atoms with E-state index in [0.717, 1.165) is 6.07 Å². The molecule has 0 unspecified atom stereocenters. The highest BCUT2D eigenvalue weighted by Gasteiger charge is 2.36. The molecule has 0 amide bonds. The van der Waals surface area contributed by atoms with Crippen LogP contribution in [0.2, 0.25) is 0 Å². The van der Waals surface area contributed by atoms with Gasteiger partial charge in [-0.2, -0.15) is 13.2 Å². The predicted octanol–water partition coefficient (Wildman–Crippen LogP) is 2.08. The molecule has 0 atom stereocenters. The molecule has 0 bridgehead atoms. The normalized spacial score (nSPS) is 14.6. The number of oxime groups is 1. The van der Waals surface area contributed by atoms with Gasteiger partial charge < -0.3 is 9.94 Å². The maximum Gasteiger partial charge on any atom is 0.416 e. The van der Waals surface area contributed by atoms with Gasteiger partial charge >= 0.3 is 12.1 Å². The molecule has 0 aliphatic carbocycles. The summed E-state index contributed by atoms with van der Waals surface area (Å²) < 4.78 is 38.0. The van der Waals surface area contributed by atoms with Crippen molar-refractivity contribution >= 4 is 11.7 Å². The number of carboxylic acid groups (broad SMARTS) is 1. The molecule has 0 aromatic heterocycles. The van der Waals surface area contributed by atoms with Crippen molar-refractivity contribution in [3.05, 3.63) is 29.3 Å². The van der Waals surface area contributed by atoms with E-state index in [4.69, 9.17) is 5.11 Å². The topological polar surface area (TPSA) is 58.9 Å². The minimum Gasteiger partial charge on any atom is -0.477 e. The Bertz CT molecular complexity index is 508. The second-order valence-corrected chi connectivity index (χ2v) is 3.39. The van der Waals surface area contributed by atoms with Crippen molar-refractivity contribution in [1.82, 2.24) is 0 Å². The predicted molar refractivity (Wildman–Crippen MR) is 50.8 cm³/mol. The maximum atomic E-state index is 12.7. The van der Waals surface area contributed by atoms with E-state index in [1.54, 1.807) is 0 Å². The molecule has 0 saturated heterocycles. The van der Waals surface area contributed by atoms with Gasteiger partial charge in [0.25, 0.3) is 0 Å². The first-order valence-corrected chi connectivity index (χ1v) is 4.56. The third kappa shape index (κ3) is 2.08. The van der Waals surface area contributed by atoms with Gasteiger partial charge in [-0.15, -0.1) is 0 Å². The highest BCUT2D eigenvalue weighted by molar-refractivity contribution is 6.36. The molecule has 0 radical (unpaired) electrons. The quantitative estimate of drug-likeness (QED) is 0.824. The fourth-order valence-corrected chi connectivity index (χ4v) is 1.52. The van der Waals surface area contributed by atoms with Crippen molar-refractivity contribution in [2.45, 2.75) is 12.6 Å². The summed E-state index contributed by atoms with van der Waals surface area (Å²) in [4.78, 5) is 15.3. The Hall–Kier alpha value is -2.05. The smallest absolute Gasteiger partial charge is 0.416 e. The molecule has 0 fully saturated rings. The Labute approximate surface area is 93.3 Å². The first-order chi connectivity index (χ1) is 7.89. The molecule has 90 valence electrons. The van der Waals surface area contributed by atoms with Crippen molar-refractivity contribution in [2.75, 3.05) is 0 Å². The van der Waals surface area contributed by atoms with Crippen molar-refractivity contribution < 1.29 is 27.9 Å². The molecule has 1 aromatic carbocycles. The van der Waals surface area contributed by atoms with Crippen LogP contribution in [0.15, 0.2) is 23.4 Å². The summed E-state index contributed by atoms with van der Waals surface area (Å²) in [6.07, 6.45) is -4.95. The zero-order valence-electron chi connectivity index (χ0n) is 8.28. The summed E-state index contributed by atoms with van der Waals surface area (Å²) in [6.45, 7) is 0. The molecule has 0 saturated carbocycles. The summed E-state index contributed by atoms with van der Waals surface area (Å²) in [7, 11) is 0. The lowest BCUT2D eigenvalue weighted by molar-refractivity contribution is -0.138. The van der Waals surface area contributed by atoms with Crippen LogP contribution in [0.5, 0.6) is 5.75 Å². The minimum absolute atomic E-state index is 0.0650. The van der Waals surface area contributed by atoms with Crippen molar-refractivity contribution in [1.29, 1.82) is 0 Å². The lowest BCUT2D eigenvalue weighted by Crippen LogP contribution is -2.23. The third-order valence-electron chi connectivity index (χ3n) is 2.28. The van der Waals surface area contributed by atoms with E-state index in [-0.39, 0.29) is 11.3 Å². The average Bonchev–Trinajstić information content (AvgIpc) is 2.26. The summed E-state index contributed by atoms with van der Waals surface area (Å²) in [5.74, 6) is -1.46. The van der Waals surface area contributed by atoms with Crippen molar-refractivity contribution in [3.63, 3.8) is 0 Å². The maximum absolute atomic E-state index is 12.7. The molecule has 1 heterocycles. The minimum atomic E-state index is -4.55. The molecule has 2 rings (SSSR count). The highest BCUT2D eigenvalue weighted by atomic mass is 19.4. The van der Waals surface area contributed by atoms with Crippen LogP contribution in [0, 0.1) is 0 Å². The number of carboxylic acids is 1. The lowest BCUT2D eigenvalue weighted by atomic mass is 9.99. The number of nitrogens with zero attached hydrogens (tertiary/aromatic N) is 1. The molecule has 17 heavy (non-hydrogen) atoms. The molecule has 1 aliphatic heterocycles. The molecule has 7 heteroatoms. The number of carbonyl (C=O) groups is 1. The number of hydrogen-bond acceptors (Lipinski definition) is 3. The van der Waals surface area contributed by atoms with Crippen LogP contribution < -0.4 is 4.84 Å². The van der Waals surface area contributed by atoms with Gasteiger partial charge in [0.15, 0.2) is 11.5 Å². The van der Waals surface area contributed by atoms with Crippen LogP contribution in [0.4, 0.5) is 13.2 Å². The largest absolute Gasteiger partial charge is 0.477 e. The van der Waals surface area contributed by atoms with Gasteiger partial charge in [-0.1, -0.05) is 11.2 Å². The van der Waals surface area contributed by atoms with Gasteiger partial charge in [0, 0.05) is 12.0 Å². The lowest BCUT2D eigenvalue weighted by Gasteiger charge is -2.18. The van der Waals surface area contributed by atoms with E-state index in [2.05, 4.69) is 9.99 Å². The third-order valence-corrected chi connectivity index (χ3v) is 2.28. The van der Waals surface area contributed by atoms with Crippen LogP contribution >= 0.6 is 0 Å². The first kappa shape index (κ1) is 11.4. The van der Waals surface area contributed by atoms with Gasteiger partial charge in [-0.3, -0.25) is 0 Å². The van der Waals surface area contributed by atoms with Crippen LogP contribution in [-0.4, -0.2) is 16.8 Å². The summed E-state index contributed by atoms with van der Waals surface area (Å²) in [6, 6.07) is 3.38.